The standard InChI is InChI=1S/C28H29Cl3N2O5/c1-3-9-33-10-8-27-24-15-4-5-20(34)25(24)38-26(27)19(6-7-28(27,36)22(33)11-15)32(2)23(35)14-37-21-13-17(30)16(29)12-18(21)31/h3-5,12-13,19,22,26,34,36H,1,6-11,14H2,2H3/t19-,22+,26-,27-,28+/m0/s1. The van der Waals surface area contributed by atoms with Crippen LogP contribution < -0.4 is 9.47 Å². The Morgan fingerprint density at radius 3 is 2.79 bits per heavy atom. The lowest BCUT2D eigenvalue weighted by atomic mass is 9.48. The van der Waals surface area contributed by atoms with Crippen molar-refractivity contribution in [1.29, 1.82) is 0 Å². The quantitative estimate of drug-likeness (QED) is 0.385. The van der Waals surface area contributed by atoms with Crippen LogP contribution in [-0.4, -0.2) is 76.5 Å². The summed E-state index contributed by atoms with van der Waals surface area (Å²) >= 11 is 18.3. The van der Waals surface area contributed by atoms with Crippen molar-refractivity contribution in [3.8, 4) is 17.2 Å². The molecule has 6 rings (SSSR count). The molecule has 1 saturated carbocycles. The van der Waals surface area contributed by atoms with Gasteiger partial charge in [-0.15, -0.1) is 6.58 Å². The number of carbonyl (C=O) groups is 1. The molecule has 2 aromatic rings. The van der Waals surface area contributed by atoms with E-state index in [1.165, 1.54) is 12.1 Å². The molecule has 202 valence electrons. The Bertz CT molecular complexity index is 1340. The van der Waals surface area contributed by atoms with Crippen LogP contribution in [0.3, 0.4) is 0 Å². The Labute approximate surface area is 236 Å². The normalized spacial score (nSPS) is 30.8. The molecule has 0 radical (unpaired) electrons. The van der Waals surface area contributed by atoms with E-state index in [2.05, 4.69) is 11.5 Å². The second-order valence-electron chi connectivity index (χ2n) is 10.7. The van der Waals surface area contributed by atoms with Gasteiger partial charge in [0.05, 0.1) is 32.1 Å². The molecule has 4 aliphatic rings. The van der Waals surface area contributed by atoms with Crippen molar-refractivity contribution < 1.29 is 24.5 Å². The number of piperidine rings is 1. The summed E-state index contributed by atoms with van der Waals surface area (Å²) in [5.41, 5.74) is 0.192. The van der Waals surface area contributed by atoms with E-state index >= 15 is 0 Å². The van der Waals surface area contributed by atoms with E-state index < -0.39 is 17.1 Å². The number of benzene rings is 2. The average molecular weight is 580 g/mol. The highest BCUT2D eigenvalue weighted by Gasteiger charge is 2.73. The first-order valence-corrected chi connectivity index (χ1v) is 13.9. The Morgan fingerprint density at radius 1 is 1.26 bits per heavy atom. The maximum atomic E-state index is 13.4. The van der Waals surface area contributed by atoms with Gasteiger partial charge < -0.3 is 24.6 Å². The van der Waals surface area contributed by atoms with Crippen LogP contribution >= 0.6 is 34.8 Å². The van der Waals surface area contributed by atoms with E-state index in [1.807, 2.05) is 12.1 Å². The first-order chi connectivity index (χ1) is 18.1. The van der Waals surface area contributed by atoms with Crippen LogP contribution in [0.25, 0.3) is 0 Å². The number of likely N-dealkylation sites (N-methyl/N-ethyl adjacent to an activating group) is 1. The molecule has 2 N–H and O–H groups in total. The minimum atomic E-state index is -1.06. The molecule has 5 atom stereocenters. The van der Waals surface area contributed by atoms with Gasteiger partial charge in [-0.2, -0.15) is 0 Å². The third kappa shape index (κ3) is 3.52. The van der Waals surface area contributed by atoms with Gasteiger partial charge in [-0.1, -0.05) is 46.9 Å². The maximum Gasteiger partial charge on any atom is 0.260 e. The molecule has 1 amide bonds. The van der Waals surface area contributed by atoms with Crippen molar-refractivity contribution in [2.45, 2.75) is 54.9 Å². The zero-order chi connectivity index (χ0) is 27.0. The zero-order valence-corrected chi connectivity index (χ0v) is 23.2. The number of amides is 1. The topological polar surface area (TPSA) is 82.5 Å². The molecule has 7 nitrogen and oxygen atoms in total. The van der Waals surface area contributed by atoms with Crippen molar-refractivity contribution in [2.75, 3.05) is 26.7 Å². The fourth-order valence-corrected chi connectivity index (χ4v) is 8.02. The van der Waals surface area contributed by atoms with Crippen LogP contribution in [0, 0.1) is 0 Å². The molecule has 1 spiro atoms. The number of likely N-dealkylation sites (tertiary alicyclic amines) is 1. The molecule has 2 aromatic carbocycles. The number of phenols is 1. The number of aliphatic hydroxyl groups is 1. The predicted molar refractivity (Wildman–Crippen MR) is 146 cm³/mol. The lowest BCUT2D eigenvalue weighted by molar-refractivity contribution is -0.198. The Morgan fingerprint density at radius 2 is 2.03 bits per heavy atom. The van der Waals surface area contributed by atoms with Crippen LogP contribution in [0.15, 0.2) is 36.9 Å². The van der Waals surface area contributed by atoms with E-state index in [1.54, 1.807) is 18.0 Å². The summed E-state index contributed by atoms with van der Waals surface area (Å²) in [5, 5.41) is 24.1. The van der Waals surface area contributed by atoms with Gasteiger partial charge in [0, 0.05) is 31.3 Å². The lowest BCUT2D eigenvalue weighted by Gasteiger charge is -2.64. The largest absolute Gasteiger partial charge is 0.504 e. The smallest absolute Gasteiger partial charge is 0.260 e. The summed E-state index contributed by atoms with van der Waals surface area (Å²) in [4.78, 5) is 17.3. The van der Waals surface area contributed by atoms with Gasteiger partial charge in [0.1, 0.15) is 11.9 Å². The van der Waals surface area contributed by atoms with Crippen molar-refractivity contribution in [3.63, 3.8) is 0 Å². The highest BCUT2D eigenvalue weighted by Crippen LogP contribution is 2.65. The fourth-order valence-electron chi connectivity index (χ4n) is 7.43. The summed E-state index contributed by atoms with van der Waals surface area (Å²) in [6, 6.07) is 6.13. The second-order valence-corrected chi connectivity index (χ2v) is 12.0. The van der Waals surface area contributed by atoms with Gasteiger partial charge in [-0.3, -0.25) is 9.69 Å². The molecule has 2 fully saturated rings. The number of nitrogens with zero attached hydrogens (tertiary/aromatic N) is 2. The molecular formula is C28H29Cl3N2O5. The molecular weight excluding hydrogens is 551 g/mol. The zero-order valence-electron chi connectivity index (χ0n) is 20.9. The Kier molecular flexibility index (Phi) is 6.32. The molecule has 10 heteroatoms. The van der Waals surface area contributed by atoms with Gasteiger partial charge in [-0.05, 0) is 49.9 Å². The number of aromatic hydroxyl groups is 1. The van der Waals surface area contributed by atoms with Gasteiger partial charge in [0.25, 0.3) is 5.91 Å². The first kappa shape index (κ1) is 26.1. The minimum Gasteiger partial charge on any atom is -0.504 e. The highest BCUT2D eigenvalue weighted by molar-refractivity contribution is 6.43. The number of rotatable bonds is 6. The number of phenolic OH excluding ortho intramolecular Hbond substituents is 1. The number of carbonyl (C=O) groups excluding carboxylic acids is 1. The van der Waals surface area contributed by atoms with Crippen molar-refractivity contribution >= 4 is 40.7 Å². The lowest BCUT2D eigenvalue weighted by Crippen LogP contribution is -2.78. The van der Waals surface area contributed by atoms with E-state index in [9.17, 15) is 15.0 Å². The van der Waals surface area contributed by atoms with Crippen LogP contribution in [0.2, 0.25) is 15.1 Å². The van der Waals surface area contributed by atoms with Crippen LogP contribution in [0.5, 0.6) is 17.2 Å². The average Bonchev–Trinajstić information content (AvgIpc) is 3.24. The Balaban J connectivity index is 1.32. The third-order valence-corrected chi connectivity index (χ3v) is 10.1. The first-order valence-electron chi connectivity index (χ1n) is 12.7. The van der Waals surface area contributed by atoms with Gasteiger partial charge in [0.15, 0.2) is 18.1 Å². The van der Waals surface area contributed by atoms with Crippen LogP contribution in [0.1, 0.15) is 30.4 Å². The SMILES string of the molecule is C=CCN1CC[C@]23c4c5ccc(O)c4O[C@H]2[C@@H](N(C)C(=O)COc2cc(Cl)c(Cl)cc2Cl)CC[C@@]3(O)[C@H]1C5. The fraction of sp³-hybridized carbons (Fsp3) is 0.464. The summed E-state index contributed by atoms with van der Waals surface area (Å²) in [7, 11) is 1.73. The van der Waals surface area contributed by atoms with Crippen molar-refractivity contribution in [2.24, 2.45) is 0 Å². The molecule has 38 heavy (non-hydrogen) atoms. The maximum absolute atomic E-state index is 13.4. The molecule has 0 aromatic heterocycles. The monoisotopic (exact) mass is 578 g/mol. The Hall–Kier alpha value is -2.16. The number of hydrogen-bond donors (Lipinski definition) is 2. The summed E-state index contributed by atoms with van der Waals surface area (Å²) < 4.78 is 12.2. The van der Waals surface area contributed by atoms with E-state index in [-0.39, 0.29) is 46.1 Å². The van der Waals surface area contributed by atoms with Crippen LogP contribution in [-0.2, 0) is 16.6 Å². The van der Waals surface area contributed by atoms with Gasteiger partial charge >= 0.3 is 0 Å². The highest BCUT2D eigenvalue weighted by atomic mass is 35.5. The minimum absolute atomic E-state index is 0.0622. The predicted octanol–water partition coefficient (Wildman–Crippen LogP) is 4.60. The van der Waals surface area contributed by atoms with Gasteiger partial charge in [0.2, 0.25) is 0 Å². The molecule has 0 unspecified atom stereocenters. The molecule has 2 bridgehead atoms. The van der Waals surface area contributed by atoms with E-state index in [4.69, 9.17) is 44.3 Å². The molecule has 2 aliphatic heterocycles. The molecule has 2 heterocycles. The van der Waals surface area contributed by atoms with Crippen molar-refractivity contribution in [1.82, 2.24) is 9.80 Å². The summed E-state index contributed by atoms with van der Waals surface area (Å²) in [6.07, 6.45) is 3.72. The summed E-state index contributed by atoms with van der Waals surface area (Å²) in [5.74, 6) is 0.503. The number of halogens is 3. The van der Waals surface area contributed by atoms with Crippen LogP contribution in [0.4, 0.5) is 0 Å². The van der Waals surface area contributed by atoms with Crippen molar-refractivity contribution in [3.05, 3.63) is 63.1 Å². The van der Waals surface area contributed by atoms with Gasteiger partial charge in [-0.25, -0.2) is 0 Å². The summed E-state index contributed by atoms with van der Waals surface area (Å²) in [6.45, 7) is 5.11. The third-order valence-electron chi connectivity index (χ3n) is 9.12. The van der Waals surface area contributed by atoms with E-state index in [0.29, 0.717) is 43.0 Å². The van der Waals surface area contributed by atoms with E-state index in [0.717, 1.165) is 17.7 Å². The second kappa shape index (κ2) is 9.20. The molecule has 2 aliphatic carbocycles. The molecule has 1 saturated heterocycles. The number of ether oxygens (including phenoxy) is 2. The number of hydrogen-bond acceptors (Lipinski definition) is 6.